The Morgan fingerprint density at radius 2 is 2.10 bits per heavy atom. The molecule has 0 radical (unpaired) electrons. The summed E-state index contributed by atoms with van der Waals surface area (Å²) in [4.78, 5) is 31.8. The molecule has 1 aromatic rings. The fraction of sp³-hybridized carbons (Fsp3) is 0.789. The fourth-order valence-corrected chi connectivity index (χ4v) is 5.29. The Balaban J connectivity index is 1.35. The molecule has 0 unspecified atom stereocenters. The molecule has 4 heterocycles. The van der Waals surface area contributed by atoms with Crippen molar-refractivity contribution in [2.45, 2.75) is 62.9 Å². The second-order valence-corrected chi connectivity index (χ2v) is 8.99. The van der Waals surface area contributed by atoms with Gasteiger partial charge in [-0.3, -0.25) is 19.4 Å². The number of hydrogen-bond acceptors (Lipinski definition) is 8. The highest BCUT2D eigenvalue weighted by molar-refractivity contribution is 7.03. The lowest BCUT2D eigenvalue weighted by Crippen LogP contribution is -2.49. The monoisotopic (exact) mass is 422 g/mol. The third-order valence-corrected chi connectivity index (χ3v) is 7.18. The van der Waals surface area contributed by atoms with Crippen LogP contribution in [-0.4, -0.2) is 98.7 Å². The van der Waals surface area contributed by atoms with Crippen LogP contribution in [0.25, 0.3) is 0 Å². The summed E-state index contributed by atoms with van der Waals surface area (Å²) >= 11 is 1.33. The largest absolute Gasteiger partial charge is 0.393 e. The highest BCUT2D eigenvalue weighted by Crippen LogP contribution is 2.28. The van der Waals surface area contributed by atoms with E-state index < -0.39 is 0 Å². The van der Waals surface area contributed by atoms with E-state index in [2.05, 4.69) is 31.8 Å². The molecule has 0 bridgehead atoms. The number of rotatable bonds is 5. The van der Waals surface area contributed by atoms with Gasteiger partial charge in [0.25, 0.3) is 0 Å². The molecule has 3 saturated heterocycles. The van der Waals surface area contributed by atoms with Crippen molar-refractivity contribution in [2.24, 2.45) is 0 Å². The van der Waals surface area contributed by atoms with E-state index in [1.807, 2.05) is 10.3 Å². The second kappa shape index (κ2) is 9.03. The Hall–Kier alpha value is -1.62. The van der Waals surface area contributed by atoms with Gasteiger partial charge in [0.1, 0.15) is 6.04 Å². The molecule has 2 N–H and O–H groups in total. The van der Waals surface area contributed by atoms with Crippen LogP contribution < -0.4 is 5.32 Å². The zero-order chi connectivity index (χ0) is 20.4. The molecule has 0 aliphatic carbocycles. The number of fused-ring (bicyclic) bond motifs is 1. The van der Waals surface area contributed by atoms with E-state index in [4.69, 9.17) is 0 Å². The van der Waals surface area contributed by atoms with Gasteiger partial charge in [-0.25, -0.2) is 0 Å². The predicted molar refractivity (Wildman–Crippen MR) is 108 cm³/mol. The number of piperidine rings is 1. The number of aliphatic hydroxyl groups excluding tert-OH is 1. The summed E-state index contributed by atoms with van der Waals surface area (Å²) in [5, 5.41) is 18.8. The molecule has 4 rings (SSSR count). The van der Waals surface area contributed by atoms with Crippen LogP contribution in [0.5, 0.6) is 0 Å². The minimum absolute atomic E-state index is 0.0707. The first-order valence-corrected chi connectivity index (χ1v) is 11.3. The quantitative estimate of drug-likeness (QED) is 0.670. The maximum atomic E-state index is 12.8. The van der Waals surface area contributed by atoms with Gasteiger partial charge in [0.15, 0.2) is 0 Å². The van der Waals surface area contributed by atoms with E-state index in [0.717, 1.165) is 25.1 Å². The van der Waals surface area contributed by atoms with Crippen molar-refractivity contribution in [2.75, 3.05) is 33.2 Å². The summed E-state index contributed by atoms with van der Waals surface area (Å²) in [5.41, 5.74) is 0.907. The Labute approximate surface area is 175 Å². The zero-order valence-electron chi connectivity index (χ0n) is 16.9. The van der Waals surface area contributed by atoms with Crippen molar-refractivity contribution in [3.05, 3.63) is 11.1 Å². The average molecular weight is 423 g/mol. The SMILES string of the molecule is CN1[C@@H](CCC(=O)N2CCC(O)CC2)CNC(=O)[C@@H]2[C@H]1CCN2Cc1csnn1. The summed E-state index contributed by atoms with van der Waals surface area (Å²) in [6, 6.07) is 0.106. The van der Waals surface area contributed by atoms with E-state index in [0.29, 0.717) is 45.4 Å². The Bertz CT molecular complexity index is 709. The summed E-state index contributed by atoms with van der Waals surface area (Å²) in [6.45, 7) is 3.35. The molecule has 0 saturated carbocycles. The molecule has 3 aliphatic heterocycles. The molecule has 1 aromatic heterocycles. The maximum absolute atomic E-state index is 12.8. The van der Waals surface area contributed by atoms with Gasteiger partial charge in [-0.15, -0.1) is 5.10 Å². The van der Waals surface area contributed by atoms with Crippen LogP contribution in [0.15, 0.2) is 5.38 Å². The van der Waals surface area contributed by atoms with Gasteiger partial charge < -0.3 is 15.3 Å². The van der Waals surface area contributed by atoms with Crippen molar-refractivity contribution in [3.63, 3.8) is 0 Å². The first-order chi connectivity index (χ1) is 14.0. The summed E-state index contributed by atoms with van der Waals surface area (Å²) in [7, 11) is 2.08. The molecule has 3 aliphatic rings. The molecule has 9 nitrogen and oxygen atoms in total. The minimum Gasteiger partial charge on any atom is -0.393 e. The number of nitrogens with zero attached hydrogens (tertiary/aromatic N) is 5. The number of nitrogens with one attached hydrogen (secondary N) is 1. The van der Waals surface area contributed by atoms with E-state index in [1.54, 1.807) is 0 Å². The molecule has 10 heteroatoms. The van der Waals surface area contributed by atoms with Crippen LogP contribution in [-0.2, 0) is 16.1 Å². The minimum atomic E-state index is -0.274. The lowest BCUT2D eigenvalue weighted by Gasteiger charge is -2.34. The fourth-order valence-electron chi connectivity index (χ4n) is 4.85. The first kappa shape index (κ1) is 20.6. The highest BCUT2D eigenvalue weighted by atomic mass is 32.1. The normalized spacial score (nSPS) is 29.5. The van der Waals surface area contributed by atoms with Gasteiger partial charge >= 0.3 is 0 Å². The third kappa shape index (κ3) is 4.60. The van der Waals surface area contributed by atoms with E-state index in [9.17, 15) is 14.7 Å². The molecule has 29 heavy (non-hydrogen) atoms. The molecule has 3 atom stereocenters. The molecule has 0 aromatic carbocycles. The molecule has 160 valence electrons. The van der Waals surface area contributed by atoms with E-state index in [-0.39, 0.29) is 36.0 Å². The van der Waals surface area contributed by atoms with Gasteiger partial charge in [-0.05, 0) is 44.3 Å². The zero-order valence-corrected chi connectivity index (χ0v) is 17.7. The molecule has 2 amide bonds. The van der Waals surface area contributed by atoms with Crippen LogP contribution in [0, 0.1) is 0 Å². The first-order valence-electron chi connectivity index (χ1n) is 10.5. The van der Waals surface area contributed by atoms with Gasteiger partial charge in [0.2, 0.25) is 11.8 Å². The lowest BCUT2D eigenvalue weighted by atomic mass is 10.0. The molecular formula is C19H30N6O3S. The molecule has 0 spiro atoms. The predicted octanol–water partition coefficient (Wildman–Crippen LogP) is -0.325. The molecular weight excluding hydrogens is 392 g/mol. The second-order valence-electron chi connectivity index (χ2n) is 8.38. The summed E-state index contributed by atoms with van der Waals surface area (Å²) in [5.74, 6) is 0.225. The summed E-state index contributed by atoms with van der Waals surface area (Å²) < 4.78 is 3.92. The lowest BCUT2D eigenvalue weighted by molar-refractivity contribution is -0.133. The van der Waals surface area contributed by atoms with Crippen molar-refractivity contribution < 1.29 is 14.7 Å². The third-order valence-electron chi connectivity index (χ3n) is 6.63. The Morgan fingerprint density at radius 1 is 1.31 bits per heavy atom. The van der Waals surface area contributed by atoms with E-state index in [1.165, 1.54) is 11.5 Å². The van der Waals surface area contributed by atoms with Gasteiger partial charge in [0.05, 0.1) is 11.8 Å². The molecule has 3 fully saturated rings. The number of amides is 2. The van der Waals surface area contributed by atoms with Crippen molar-refractivity contribution in [1.82, 2.24) is 29.6 Å². The smallest absolute Gasteiger partial charge is 0.239 e. The van der Waals surface area contributed by atoms with Crippen molar-refractivity contribution >= 4 is 23.3 Å². The maximum Gasteiger partial charge on any atom is 0.239 e. The van der Waals surface area contributed by atoms with Crippen LogP contribution in [0.1, 0.15) is 37.8 Å². The number of carbonyl (C=O) groups is 2. The van der Waals surface area contributed by atoms with Gasteiger partial charge in [-0.1, -0.05) is 4.49 Å². The van der Waals surface area contributed by atoms with Crippen molar-refractivity contribution in [1.29, 1.82) is 0 Å². The Morgan fingerprint density at radius 3 is 2.83 bits per heavy atom. The number of aromatic nitrogens is 2. The number of carbonyl (C=O) groups excluding carboxylic acids is 2. The average Bonchev–Trinajstić information content (AvgIpc) is 3.35. The van der Waals surface area contributed by atoms with Gasteiger partial charge in [0, 0.05) is 56.6 Å². The highest BCUT2D eigenvalue weighted by Gasteiger charge is 2.45. The number of hydrogen-bond donors (Lipinski definition) is 2. The van der Waals surface area contributed by atoms with Crippen LogP contribution in [0.3, 0.4) is 0 Å². The van der Waals surface area contributed by atoms with Crippen LogP contribution >= 0.6 is 11.5 Å². The van der Waals surface area contributed by atoms with Crippen LogP contribution in [0.2, 0.25) is 0 Å². The van der Waals surface area contributed by atoms with Crippen molar-refractivity contribution in [3.8, 4) is 0 Å². The number of likely N-dealkylation sites (tertiary alicyclic amines) is 2. The number of aliphatic hydroxyl groups is 1. The van der Waals surface area contributed by atoms with Crippen LogP contribution in [0.4, 0.5) is 0 Å². The number of likely N-dealkylation sites (N-methyl/N-ethyl adjacent to an activating group) is 1. The summed E-state index contributed by atoms with van der Waals surface area (Å²) in [6.07, 6.45) is 3.20. The standard InChI is InChI=1S/C19H30N6O3S/c1-23-14(2-3-17(27)24-7-4-15(26)5-8-24)10-20-19(28)18-16(23)6-9-25(18)11-13-12-29-22-21-13/h12,14-16,18,26H,2-11H2,1H3,(H,20,28)/t14-,16+,18-/m0/s1. The Kier molecular flexibility index (Phi) is 6.43. The topological polar surface area (TPSA) is 102 Å². The van der Waals surface area contributed by atoms with E-state index >= 15 is 0 Å². The van der Waals surface area contributed by atoms with Gasteiger partial charge in [-0.2, -0.15) is 0 Å².